The minimum atomic E-state index is -0.932. The summed E-state index contributed by atoms with van der Waals surface area (Å²) in [5.41, 5.74) is 0.740. The molecule has 168 valence electrons. The molecule has 2 aromatic rings. The molecule has 2 aromatic carbocycles. The number of carbonyl (C=O) groups is 1. The molecule has 0 unspecified atom stereocenters. The molecule has 0 saturated carbocycles. The van der Waals surface area contributed by atoms with Gasteiger partial charge in [0.1, 0.15) is 5.75 Å². The van der Waals surface area contributed by atoms with Crippen LogP contribution in [0.2, 0.25) is 0 Å². The molecule has 1 aliphatic rings. The normalized spacial score (nSPS) is 14.0. The van der Waals surface area contributed by atoms with Gasteiger partial charge in [0.05, 0.1) is 11.5 Å². The topological polar surface area (TPSA) is 75.9 Å². The number of carbonyl (C=O) groups excluding carboxylic acids is 1. The molecule has 1 amide bonds. The van der Waals surface area contributed by atoms with Crippen LogP contribution in [0.5, 0.6) is 5.75 Å². The van der Waals surface area contributed by atoms with Gasteiger partial charge in [-0.05, 0) is 24.5 Å². The van der Waals surface area contributed by atoms with Crippen molar-refractivity contribution in [2.45, 2.75) is 19.3 Å². The Morgan fingerprint density at radius 2 is 1.81 bits per heavy atom. The van der Waals surface area contributed by atoms with Crippen LogP contribution < -0.4 is 4.74 Å². The molecule has 1 fully saturated rings. The maximum Gasteiger partial charge on any atom is 0.305 e. The smallest absolute Gasteiger partial charge is 0.305 e. The molecule has 1 saturated heterocycles. The largest absolute Gasteiger partial charge is 0.493 e. The Kier molecular flexibility index (Phi) is 9.68. The molecule has 0 radical (unpaired) electrons. The van der Waals surface area contributed by atoms with Gasteiger partial charge in [0.25, 0.3) is 0 Å². The van der Waals surface area contributed by atoms with Crippen LogP contribution in [0.25, 0.3) is 0 Å². The van der Waals surface area contributed by atoms with Crippen molar-refractivity contribution in [1.82, 2.24) is 9.80 Å². The molecule has 9 heteroatoms. The van der Waals surface area contributed by atoms with Crippen molar-refractivity contribution < 1.29 is 18.8 Å². The van der Waals surface area contributed by atoms with E-state index >= 15 is 0 Å². The van der Waals surface area contributed by atoms with Crippen LogP contribution in [-0.2, 0) is 11.2 Å². The van der Waals surface area contributed by atoms with Crippen LogP contribution >= 0.6 is 12.4 Å². The van der Waals surface area contributed by atoms with Crippen molar-refractivity contribution in [3.8, 4) is 5.75 Å². The van der Waals surface area contributed by atoms with Crippen LogP contribution in [0.1, 0.15) is 18.4 Å². The number of rotatable bonds is 9. The Morgan fingerprint density at radius 3 is 2.45 bits per heavy atom. The molecule has 0 aromatic heterocycles. The maximum absolute atomic E-state index is 13.6. The van der Waals surface area contributed by atoms with E-state index < -0.39 is 16.4 Å². The van der Waals surface area contributed by atoms with Crippen LogP contribution in [0.4, 0.5) is 10.1 Å². The lowest BCUT2D eigenvalue weighted by molar-refractivity contribution is -0.387. The van der Waals surface area contributed by atoms with Gasteiger partial charge in [0.15, 0.2) is 0 Å². The van der Waals surface area contributed by atoms with E-state index in [0.29, 0.717) is 12.8 Å². The highest BCUT2D eigenvalue weighted by Crippen LogP contribution is 2.22. The van der Waals surface area contributed by atoms with E-state index in [1.165, 1.54) is 11.6 Å². The summed E-state index contributed by atoms with van der Waals surface area (Å²) in [6.07, 6.45) is 1.88. The predicted molar refractivity (Wildman–Crippen MR) is 118 cm³/mol. The average molecular weight is 452 g/mol. The molecule has 0 aliphatic carbocycles. The van der Waals surface area contributed by atoms with E-state index in [4.69, 9.17) is 4.74 Å². The Bertz CT molecular complexity index is 861. The third kappa shape index (κ3) is 7.48. The van der Waals surface area contributed by atoms with Crippen molar-refractivity contribution in [3.63, 3.8) is 0 Å². The number of halogens is 2. The summed E-state index contributed by atoms with van der Waals surface area (Å²) < 4.78 is 19.0. The highest BCUT2D eigenvalue weighted by molar-refractivity contribution is 5.85. The fourth-order valence-corrected chi connectivity index (χ4v) is 3.45. The summed E-state index contributed by atoms with van der Waals surface area (Å²) in [7, 11) is 0. The van der Waals surface area contributed by atoms with Crippen molar-refractivity contribution in [3.05, 3.63) is 70.0 Å². The minimum Gasteiger partial charge on any atom is -0.493 e. The van der Waals surface area contributed by atoms with Gasteiger partial charge < -0.3 is 9.64 Å². The fraction of sp³-hybridized carbons (Fsp3) is 0.409. The number of nitrogens with zero attached hydrogens (tertiary/aromatic N) is 3. The summed E-state index contributed by atoms with van der Waals surface area (Å²) in [6.45, 7) is 4.43. The van der Waals surface area contributed by atoms with E-state index in [2.05, 4.69) is 17.0 Å². The zero-order chi connectivity index (χ0) is 21.3. The summed E-state index contributed by atoms with van der Waals surface area (Å²) in [5, 5.41) is 10.6. The second-order valence-electron chi connectivity index (χ2n) is 7.28. The van der Waals surface area contributed by atoms with Gasteiger partial charge in [-0.2, -0.15) is 4.39 Å². The lowest BCUT2D eigenvalue weighted by Gasteiger charge is -2.34. The number of nitro benzene ring substituents is 1. The fourth-order valence-electron chi connectivity index (χ4n) is 3.45. The molecule has 0 atom stereocenters. The van der Waals surface area contributed by atoms with Gasteiger partial charge in [-0.25, -0.2) is 0 Å². The summed E-state index contributed by atoms with van der Waals surface area (Å²) in [6, 6.07) is 13.8. The first-order chi connectivity index (χ1) is 14.5. The molecule has 3 rings (SSSR count). The lowest BCUT2D eigenvalue weighted by Crippen LogP contribution is -2.49. The summed E-state index contributed by atoms with van der Waals surface area (Å²) in [5.74, 6) is -0.618. The molecular weight excluding hydrogens is 425 g/mol. The standard InChI is InChI=1S/C22H26FN3O4.ClH/c23-20-17-19(8-9-21(20)26(28)29)30-16-4-7-22(27)25-14-12-24(13-15-25)11-10-18-5-2-1-3-6-18;/h1-3,5-6,8-9,17H,4,7,10-16H2;1H. The van der Waals surface area contributed by atoms with Gasteiger partial charge in [-0.15, -0.1) is 12.4 Å². The number of hydrogen-bond donors (Lipinski definition) is 0. The molecule has 1 heterocycles. The van der Waals surface area contributed by atoms with Gasteiger partial charge in [-0.1, -0.05) is 30.3 Å². The molecule has 1 aliphatic heterocycles. The number of hydrogen-bond acceptors (Lipinski definition) is 5. The van der Waals surface area contributed by atoms with E-state index in [1.807, 2.05) is 23.1 Å². The van der Waals surface area contributed by atoms with E-state index in [1.54, 1.807) is 0 Å². The van der Waals surface area contributed by atoms with E-state index in [9.17, 15) is 19.3 Å². The highest BCUT2D eigenvalue weighted by atomic mass is 35.5. The average Bonchev–Trinajstić information content (AvgIpc) is 2.76. The SMILES string of the molecule is Cl.O=C(CCCOc1ccc([N+](=O)[O-])c(F)c1)N1CCN(CCc2ccccc2)CC1. The second-order valence-corrected chi connectivity index (χ2v) is 7.28. The van der Waals surface area contributed by atoms with Gasteiger partial charge in [-0.3, -0.25) is 19.8 Å². The Labute approximate surface area is 187 Å². The third-order valence-corrected chi connectivity index (χ3v) is 5.20. The molecule has 0 bridgehead atoms. The predicted octanol–water partition coefficient (Wildman–Crippen LogP) is 3.70. The Hall–Kier alpha value is -2.71. The first kappa shape index (κ1) is 24.6. The monoisotopic (exact) mass is 451 g/mol. The lowest BCUT2D eigenvalue weighted by atomic mass is 10.1. The van der Waals surface area contributed by atoms with Crippen LogP contribution in [0, 0.1) is 15.9 Å². The Balaban J connectivity index is 0.00000341. The summed E-state index contributed by atoms with van der Waals surface area (Å²) in [4.78, 5) is 26.5. The van der Waals surface area contributed by atoms with Crippen molar-refractivity contribution >= 4 is 24.0 Å². The van der Waals surface area contributed by atoms with Crippen LogP contribution in [0.3, 0.4) is 0 Å². The van der Waals surface area contributed by atoms with Gasteiger partial charge >= 0.3 is 5.69 Å². The second kappa shape index (κ2) is 12.2. The van der Waals surface area contributed by atoms with Gasteiger partial charge in [0.2, 0.25) is 11.7 Å². The zero-order valence-electron chi connectivity index (χ0n) is 17.2. The summed E-state index contributed by atoms with van der Waals surface area (Å²) >= 11 is 0. The van der Waals surface area contributed by atoms with Crippen LogP contribution in [0.15, 0.2) is 48.5 Å². The molecule has 7 nitrogen and oxygen atoms in total. The number of piperazine rings is 1. The molecule has 31 heavy (non-hydrogen) atoms. The van der Waals surface area contributed by atoms with Gasteiger partial charge in [0, 0.05) is 51.3 Å². The molecular formula is C22H27ClFN3O4. The van der Waals surface area contributed by atoms with E-state index in [-0.39, 0.29) is 30.7 Å². The number of ether oxygens (including phenoxy) is 1. The van der Waals surface area contributed by atoms with E-state index in [0.717, 1.165) is 51.3 Å². The Morgan fingerprint density at radius 1 is 1.10 bits per heavy atom. The van der Waals surface area contributed by atoms with Crippen molar-refractivity contribution in [2.75, 3.05) is 39.3 Å². The number of nitro groups is 1. The first-order valence-corrected chi connectivity index (χ1v) is 10.1. The molecule has 0 spiro atoms. The first-order valence-electron chi connectivity index (χ1n) is 10.1. The molecule has 0 N–H and O–H groups in total. The third-order valence-electron chi connectivity index (χ3n) is 5.20. The minimum absolute atomic E-state index is 0. The van der Waals surface area contributed by atoms with Crippen LogP contribution in [-0.4, -0.2) is 60.0 Å². The quantitative estimate of drug-likeness (QED) is 0.330. The maximum atomic E-state index is 13.6. The highest BCUT2D eigenvalue weighted by Gasteiger charge is 2.20. The number of benzene rings is 2. The number of amides is 1. The van der Waals surface area contributed by atoms with Crippen molar-refractivity contribution in [2.24, 2.45) is 0 Å². The zero-order valence-corrected chi connectivity index (χ0v) is 18.1. The van der Waals surface area contributed by atoms with Crippen molar-refractivity contribution in [1.29, 1.82) is 0 Å².